The van der Waals surface area contributed by atoms with Crippen LogP contribution in [-0.2, 0) is 9.47 Å². The third-order valence-corrected chi connectivity index (χ3v) is 2.17. The number of hydrogen-bond acceptors (Lipinski definition) is 2. The predicted molar refractivity (Wildman–Crippen MR) is 49.0 cm³/mol. The number of allylic oxidation sites excluding steroid dienone is 1. The maximum Gasteiger partial charge on any atom is 0.0948 e. The van der Waals surface area contributed by atoms with Crippen molar-refractivity contribution in [3.05, 3.63) is 12.3 Å². The van der Waals surface area contributed by atoms with Crippen molar-refractivity contribution in [1.29, 1.82) is 0 Å². The van der Waals surface area contributed by atoms with Crippen molar-refractivity contribution in [3.8, 4) is 0 Å². The molecule has 12 heavy (non-hydrogen) atoms. The minimum Gasteiger partial charge on any atom is -0.501 e. The van der Waals surface area contributed by atoms with E-state index in [4.69, 9.17) is 9.47 Å². The van der Waals surface area contributed by atoms with Gasteiger partial charge in [-0.1, -0.05) is 19.4 Å². The van der Waals surface area contributed by atoms with E-state index >= 15 is 0 Å². The molecule has 1 aliphatic rings. The molecule has 1 rings (SSSR count). The van der Waals surface area contributed by atoms with E-state index in [9.17, 15) is 0 Å². The number of epoxide rings is 1. The molecule has 0 radical (unpaired) electrons. The van der Waals surface area contributed by atoms with Gasteiger partial charge >= 0.3 is 0 Å². The molecule has 1 aliphatic heterocycles. The van der Waals surface area contributed by atoms with Gasteiger partial charge in [-0.3, -0.25) is 0 Å². The minimum atomic E-state index is 0.191. The fourth-order valence-electron chi connectivity index (χ4n) is 1.38. The van der Waals surface area contributed by atoms with E-state index in [0.29, 0.717) is 0 Å². The molecule has 2 heteroatoms. The molecule has 0 aromatic heterocycles. The van der Waals surface area contributed by atoms with Crippen LogP contribution in [-0.4, -0.2) is 18.8 Å². The van der Waals surface area contributed by atoms with Crippen LogP contribution >= 0.6 is 0 Å². The van der Waals surface area contributed by atoms with Gasteiger partial charge in [0.15, 0.2) is 0 Å². The van der Waals surface area contributed by atoms with Gasteiger partial charge in [-0.2, -0.15) is 0 Å². The second-order valence-corrected chi connectivity index (χ2v) is 3.31. The van der Waals surface area contributed by atoms with Crippen molar-refractivity contribution >= 4 is 0 Å². The molecule has 0 saturated carbocycles. The first kappa shape index (κ1) is 9.59. The molecule has 1 heterocycles. The monoisotopic (exact) mass is 170 g/mol. The van der Waals surface area contributed by atoms with Gasteiger partial charge in [-0.25, -0.2) is 0 Å². The Kier molecular flexibility index (Phi) is 3.60. The molecule has 0 N–H and O–H groups in total. The van der Waals surface area contributed by atoms with Crippen LogP contribution in [0.3, 0.4) is 0 Å². The topological polar surface area (TPSA) is 21.8 Å². The van der Waals surface area contributed by atoms with E-state index in [1.54, 1.807) is 6.26 Å². The van der Waals surface area contributed by atoms with Crippen molar-refractivity contribution in [2.45, 2.75) is 38.7 Å². The van der Waals surface area contributed by atoms with Gasteiger partial charge in [0.05, 0.1) is 25.1 Å². The second kappa shape index (κ2) is 4.51. The van der Waals surface area contributed by atoms with Crippen molar-refractivity contribution < 1.29 is 9.47 Å². The van der Waals surface area contributed by atoms with Gasteiger partial charge in [-0.15, -0.1) is 0 Å². The zero-order valence-electron chi connectivity index (χ0n) is 8.01. The Labute approximate surface area is 74.6 Å². The molecule has 1 saturated heterocycles. The highest BCUT2D eigenvalue weighted by Gasteiger charge is 2.42. The highest BCUT2D eigenvalue weighted by molar-refractivity contribution is 4.91. The molecule has 0 aliphatic carbocycles. The van der Waals surface area contributed by atoms with E-state index in [1.165, 1.54) is 12.8 Å². The zero-order chi connectivity index (χ0) is 8.86. The third-order valence-electron chi connectivity index (χ3n) is 2.17. The molecule has 0 amide bonds. The van der Waals surface area contributed by atoms with Crippen LogP contribution in [0, 0.1) is 0 Å². The first-order chi connectivity index (χ1) is 5.83. The lowest BCUT2D eigenvalue weighted by Crippen LogP contribution is -2.13. The number of hydrogen-bond donors (Lipinski definition) is 0. The molecule has 2 nitrogen and oxygen atoms in total. The first-order valence-electron chi connectivity index (χ1n) is 4.70. The minimum absolute atomic E-state index is 0.191. The predicted octanol–water partition coefficient (Wildman–Crippen LogP) is 2.50. The van der Waals surface area contributed by atoms with Crippen LogP contribution in [0.25, 0.3) is 0 Å². The Morgan fingerprint density at radius 3 is 2.75 bits per heavy atom. The second-order valence-electron chi connectivity index (χ2n) is 3.31. The molecule has 0 spiro atoms. The average molecular weight is 170 g/mol. The number of rotatable bonds is 6. The molecule has 70 valence electrons. The standard InChI is InChI=1S/C10H18O2/c1-3-5-10(9-12-10)6-8-11-7-4-2/h4,7H,3,5-6,8-9H2,1-2H3. The van der Waals surface area contributed by atoms with Crippen LogP contribution in [0.1, 0.15) is 33.1 Å². The van der Waals surface area contributed by atoms with Crippen molar-refractivity contribution in [2.75, 3.05) is 13.2 Å². The molecule has 1 atom stereocenters. The molecular formula is C10H18O2. The Hall–Kier alpha value is -0.500. The van der Waals surface area contributed by atoms with Crippen LogP contribution < -0.4 is 0 Å². The van der Waals surface area contributed by atoms with E-state index in [1.807, 2.05) is 13.0 Å². The van der Waals surface area contributed by atoms with Gasteiger partial charge in [0.1, 0.15) is 0 Å². The highest BCUT2D eigenvalue weighted by Crippen LogP contribution is 2.35. The average Bonchev–Trinajstić information content (AvgIpc) is 2.81. The van der Waals surface area contributed by atoms with E-state index in [2.05, 4.69) is 6.92 Å². The quantitative estimate of drug-likeness (QED) is 0.347. The van der Waals surface area contributed by atoms with Crippen LogP contribution in [0.4, 0.5) is 0 Å². The van der Waals surface area contributed by atoms with Crippen LogP contribution in [0.2, 0.25) is 0 Å². The summed E-state index contributed by atoms with van der Waals surface area (Å²) in [5.74, 6) is 0. The summed E-state index contributed by atoms with van der Waals surface area (Å²) in [7, 11) is 0. The van der Waals surface area contributed by atoms with E-state index < -0.39 is 0 Å². The van der Waals surface area contributed by atoms with Gasteiger partial charge in [0.25, 0.3) is 0 Å². The molecule has 0 aromatic carbocycles. The third kappa shape index (κ3) is 2.86. The summed E-state index contributed by atoms with van der Waals surface area (Å²) in [4.78, 5) is 0. The fourth-order valence-corrected chi connectivity index (χ4v) is 1.38. The van der Waals surface area contributed by atoms with Crippen LogP contribution in [0.5, 0.6) is 0 Å². The van der Waals surface area contributed by atoms with Gasteiger partial charge in [0, 0.05) is 6.42 Å². The Bertz CT molecular complexity index is 148. The van der Waals surface area contributed by atoms with Crippen molar-refractivity contribution in [1.82, 2.24) is 0 Å². The van der Waals surface area contributed by atoms with Crippen molar-refractivity contribution in [3.63, 3.8) is 0 Å². The molecule has 0 bridgehead atoms. The lowest BCUT2D eigenvalue weighted by atomic mass is 10.0. The Balaban J connectivity index is 2.05. The van der Waals surface area contributed by atoms with E-state index in [0.717, 1.165) is 19.6 Å². The summed E-state index contributed by atoms with van der Waals surface area (Å²) in [6.07, 6.45) is 7.04. The summed E-state index contributed by atoms with van der Waals surface area (Å²) in [6.45, 7) is 5.86. The lowest BCUT2D eigenvalue weighted by molar-refractivity contribution is 0.185. The number of ether oxygens (including phenoxy) is 2. The lowest BCUT2D eigenvalue weighted by Gasteiger charge is -2.09. The Morgan fingerprint density at radius 2 is 2.25 bits per heavy atom. The highest BCUT2D eigenvalue weighted by atomic mass is 16.6. The van der Waals surface area contributed by atoms with Crippen LogP contribution in [0.15, 0.2) is 12.3 Å². The molecule has 0 aromatic rings. The Morgan fingerprint density at radius 1 is 1.50 bits per heavy atom. The summed E-state index contributed by atoms with van der Waals surface area (Å²) in [5.41, 5.74) is 0.191. The first-order valence-corrected chi connectivity index (χ1v) is 4.70. The zero-order valence-corrected chi connectivity index (χ0v) is 8.01. The molecular weight excluding hydrogens is 152 g/mol. The maximum absolute atomic E-state index is 5.41. The normalized spacial score (nSPS) is 27.8. The van der Waals surface area contributed by atoms with Crippen molar-refractivity contribution in [2.24, 2.45) is 0 Å². The van der Waals surface area contributed by atoms with E-state index in [-0.39, 0.29) is 5.60 Å². The SMILES string of the molecule is CC=COCCC1(CCC)CO1. The molecule has 1 fully saturated rings. The molecule has 1 unspecified atom stereocenters. The summed E-state index contributed by atoms with van der Waals surface area (Å²) < 4.78 is 10.7. The summed E-state index contributed by atoms with van der Waals surface area (Å²) in [6, 6.07) is 0. The maximum atomic E-state index is 5.41. The largest absolute Gasteiger partial charge is 0.501 e. The fraction of sp³-hybridized carbons (Fsp3) is 0.800. The van der Waals surface area contributed by atoms with Gasteiger partial charge in [0.2, 0.25) is 0 Å². The smallest absolute Gasteiger partial charge is 0.0948 e. The van der Waals surface area contributed by atoms with Gasteiger partial charge < -0.3 is 9.47 Å². The summed E-state index contributed by atoms with van der Waals surface area (Å²) >= 11 is 0. The van der Waals surface area contributed by atoms with Gasteiger partial charge in [-0.05, 0) is 13.3 Å². The summed E-state index contributed by atoms with van der Waals surface area (Å²) in [5, 5.41) is 0.